The van der Waals surface area contributed by atoms with E-state index in [-0.39, 0.29) is 0 Å². The van der Waals surface area contributed by atoms with E-state index in [1.165, 1.54) is 4.88 Å². The van der Waals surface area contributed by atoms with Crippen molar-refractivity contribution in [3.05, 3.63) is 16.1 Å². The molecule has 0 aliphatic carbocycles. The molecule has 6 heteroatoms. The average molecular weight is 312 g/mol. The highest BCUT2D eigenvalue weighted by Gasteiger charge is 2.01. The van der Waals surface area contributed by atoms with Gasteiger partial charge in [-0.05, 0) is 19.3 Å². The Morgan fingerprint density at radius 3 is 2.76 bits per heavy atom. The second-order valence-corrected chi connectivity index (χ2v) is 6.68. The highest BCUT2D eigenvalue weighted by molar-refractivity contribution is 7.11. The summed E-state index contributed by atoms with van der Waals surface area (Å²) in [7, 11) is 1.79. The fourth-order valence-electron chi connectivity index (χ4n) is 1.73. The van der Waals surface area contributed by atoms with Gasteiger partial charge in [-0.1, -0.05) is 13.8 Å². The normalized spacial score (nSPS) is 12.0. The third kappa shape index (κ3) is 8.67. The molecule has 1 aromatic heterocycles. The molecule has 0 saturated carbocycles. The Labute approximate surface area is 132 Å². The second-order valence-electron chi connectivity index (χ2n) is 5.36. The third-order valence-corrected chi connectivity index (χ3v) is 3.71. The minimum Gasteiger partial charge on any atom is -0.381 e. The van der Waals surface area contributed by atoms with Crippen molar-refractivity contribution < 1.29 is 4.74 Å². The summed E-state index contributed by atoms with van der Waals surface area (Å²) in [6.07, 6.45) is 3.83. The van der Waals surface area contributed by atoms with Gasteiger partial charge in [0.25, 0.3) is 0 Å². The van der Waals surface area contributed by atoms with Crippen LogP contribution in [-0.2, 0) is 11.2 Å². The Morgan fingerprint density at radius 2 is 2.14 bits per heavy atom. The SMILES string of the molecule is CN=C(NCCCOCC(C)C)NCCc1ncc(C)s1. The molecule has 0 saturated heterocycles. The van der Waals surface area contributed by atoms with E-state index in [9.17, 15) is 0 Å². The van der Waals surface area contributed by atoms with Gasteiger partial charge in [0, 0.05) is 50.8 Å². The number of guanidine groups is 1. The molecule has 5 nitrogen and oxygen atoms in total. The molecular formula is C15H28N4OS. The summed E-state index contributed by atoms with van der Waals surface area (Å²) in [5.74, 6) is 1.44. The van der Waals surface area contributed by atoms with Crippen LogP contribution in [-0.4, -0.2) is 44.3 Å². The molecule has 0 aromatic carbocycles. The van der Waals surface area contributed by atoms with Gasteiger partial charge in [0.15, 0.2) is 5.96 Å². The van der Waals surface area contributed by atoms with Crippen molar-refractivity contribution in [2.24, 2.45) is 10.9 Å². The lowest BCUT2D eigenvalue weighted by atomic mass is 10.2. The minimum absolute atomic E-state index is 0.599. The van der Waals surface area contributed by atoms with Gasteiger partial charge in [-0.3, -0.25) is 4.99 Å². The summed E-state index contributed by atoms with van der Waals surface area (Å²) in [6, 6.07) is 0. The van der Waals surface area contributed by atoms with E-state index in [0.29, 0.717) is 5.92 Å². The Balaban J connectivity index is 2.06. The van der Waals surface area contributed by atoms with E-state index in [1.54, 1.807) is 18.4 Å². The molecule has 2 N–H and O–H groups in total. The van der Waals surface area contributed by atoms with Crippen LogP contribution in [0.5, 0.6) is 0 Å². The van der Waals surface area contributed by atoms with E-state index < -0.39 is 0 Å². The zero-order chi connectivity index (χ0) is 15.5. The van der Waals surface area contributed by atoms with Crippen molar-refractivity contribution in [1.29, 1.82) is 0 Å². The zero-order valence-electron chi connectivity index (χ0n) is 13.6. The van der Waals surface area contributed by atoms with Crippen molar-refractivity contribution in [2.75, 3.05) is 33.4 Å². The topological polar surface area (TPSA) is 58.5 Å². The number of aliphatic imine (C=N–C) groups is 1. The van der Waals surface area contributed by atoms with E-state index >= 15 is 0 Å². The van der Waals surface area contributed by atoms with Crippen LogP contribution in [0.25, 0.3) is 0 Å². The molecule has 1 rings (SSSR count). The fourth-order valence-corrected chi connectivity index (χ4v) is 2.51. The Hall–Kier alpha value is -1.14. The second kappa shape index (κ2) is 10.6. The van der Waals surface area contributed by atoms with E-state index in [1.807, 2.05) is 6.20 Å². The first-order valence-electron chi connectivity index (χ1n) is 7.55. The maximum Gasteiger partial charge on any atom is 0.190 e. The summed E-state index contributed by atoms with van der Waals surface area (Å²) < 4.78 is 5.54. The van der Waals surface area contributed by atoms with Crippen LogP contribution in [0.3, 0.4) is 0 Å². The third-order valence-electron chi connectivity index (χ3n) is 2.73. The lowest BCUT2D eigenvalue weighted by molar-refractivity contribution is 0.108. The number of rotatable bonds is 9. The Morgan fingerprint density at radius 1 is 1.38 bits per heavy atom. The molecule has 0 unspecified atom stereocenters. The summed E-state index contributed by atoms with van der Waals surface area (Å²) in [4.78, 5) is 9.82. The number of nitrogens with one attached hydrogen (secondary N) is 2. The summed E-state index contributed by atoms with van der Waals surface area (Å²) in [5.41, 5.74) is 0. The van der Waals surface area contributed by atoms with Crippen molar-refractivity contribution >= 4 is 17.3 Å². The van der Waals surface area contributed by atoms with Crippen LogP contribution in [0.2, 0.25) is 0 Å². The van der Waals surface area contributed by atoms with Gasteiger partial charge in [-0.15, -0.1) is 11.3 Å². The number of aryl methyl sites for hydroxylation is 1. The Kier molecular flexibility index (Phi) is 9.01. The molecular weight excluding hydrogens is 284 g/mol. The number of thiazole rings is 1. The van der Waals surface area contributed by atoms with Crippen LogP contribution in [0.1, 0.15) is 30.2 Å². The highest BCUT2D eigenvalue weighted by Crippen LogP contribution is 2.10. The molecule has 0 fully saturated rings. The number of hydrogen-bond acceptors (Lipinski definition) is 4. The largest absolute Gasteiger partial charge is 0.381 e. The lowest BCUT2D eigenvalue weighted by Crippen LogP contribution is -2.39. The predicted molar refractivity (Wildman–Crippen MR) is 90.2 cm³/mol. The summed E-state index contributed by atoms with van der Waals surface area (Å²) >= 11 is 1.75. The van der Waals surface area contributed by atoms with Gasteiger partial charge in [0.1, 0.15) is 0 Å². The lowest BCUT2D eigenvalue weighted by Gasteiger charge is -2.11. The molecule has 0 aliphatic rings. The van der Waals surface area contributed by atoms with Crippen LogP contribution in [0, 0.1) is 12.8 Å². The summed E-state index contributed by atoms with van der Waals surface area (Å²) in [6.45, 7) is 9.74. The van der Waals surface area contributed by atoms with Crippen LogP contribution < -0.4 is 10.6 Å². The first-order chi connectivity index (χ1) is 10.1. The van der Waals surface area contributed by atoms with Crippen LogP contribution in [0.4, 0.5) is 0 Å². The first-order valence-corrected chi connectivity index (χ1v) is 8.37. The molecule has 120 valence electrons. The molecule has 1 heterocycles. The number of nitrogens with zero attached hydrogens (tertiary/aromatic N) is 2. The minimum atomic E-state index is 0.599. The first kappa shape index (κ1) is 17.9. The molecule has 0 atom stereocenters. The van der Waals surface area contributed by atoms with Crippen LogP contribution >= 0.6 is 11.3 Å². The molecule has 0 aliphatic heterocycles. The standard InChI is InChI=1S/C15H28N4OS/c1-12(2)11-20-9-5-7-17-15(16-4)18-8-6-14-19-10-13(3)21-14/h10,12H,5-9,11H2,1-4H3,(H2,16,17,18). The number of hydrogen-bond donors (Lipinski definition) is 2. The number of aromatic nitrogens is 1. The van der Waals surface area contributed by atoms with Gasteiger partial charge >= 0.3 is 0 Å². The molecule has 0 radical (unpaired) electrons. The molecule has 0 spiro atoms. The highest BCUT2D eigenvalue weighted by atomic mass is 32.1. The van der Waals surface area contributed by atoms with E-state index in [0.717, 1.165) is 50.1 Å². The van der Waals surface area contributed by atoms with Gasteiger partial charge < -0.3 is 15.4 Å². The van der Waals surface area contributed by atoms with Crippen molar-refractivity contribution in [2.45, 2.75) is 33.6 Å². The van der Waals surface area contributed by atoms with Gasteiger partial charge in [0.2, 0.25) is 0 Å². The maximum atomic E-state index is 5.54. The molecule has 0 bridgehead atoms. The average Bonchev–Trinajstić information content (AvgIpc) is 2.86. The van der Waals surface area contributed by atoms with Gasteiger partial charge in [-0.25, -0.2) is 4.98 Å². The van der Waals surface area contributed by atoms with E-state index in [4.69, 9.17) is 4.74 Å². The smallest absolute Gasteiger partial charge is 0.190 e. The summed E-state index contributed by atoms with van der Waals surface area (Å²) in [5, 5.41) is 7.76. The zero-order valence-corrected chi connectivity index (χ0v) is 14.4. The van der Waals surface area contributed by atoms with Crippen LogP contribution in [0.15, 0.2) is 11.2 Å². The Bertz CT molecular complexity index is 418. The van der Waals surface area contributed by atoms with Gasteiger partial charge in [-0.2, -0.15) is 0 Å². The predicted octanol–water partition coefficient (Wildman–Crippen LogP) is 2.22. The molecule has 21 heavy (non-hydrogen) atoms. The quantitative estimate of drug-likeness (QED) is 0.417. The molecule has 1 aromatic rings. The maximum absolute atomic E-state index is 5.54. The monoisotopic (exact) mass is 312 g/mol. The number of ether oxygens (including phenoxy) is 1. The van der Waals surface area contributed by atoms with Crippen molar-refractivity contribution in [3.8, 4) is 0 Å². The fraction of sp³-hybridized carbons (Fsp3) is 0.733. The van der Waals surface area contributed by atoms with E-state index in [2.05, 4.69) is 41.4 Å². The van der Waals surface area contributed by atoms with Gasteiger partial charge in [0.05, 0.1) is 5.01 Å². The molecule has 0 amide bonds. The van der Waals surface area contributed by atoms with Crippen molar-refractivity contribution in [1.82, 2.24) is 15.6 Å². The van der Waals surface area contributed by atoms with Crippen molar-refractivity contribution in [3.63, 3.8) is 0 Å².